The summed E-state index contributed by atoms with van der Waals surface area (Å²) in [6, 6.07) is 7.32. The average Bonchev–Trinajstić information content (AvgIpc) is 2.54. The zero-order valence-electron chi connectivity index (χ0n) is 14.0. The van der Waals surface area contributed by atoms with E-state index in [-0.39, 0.29) is 17.6 Å². The van der Waals surface area contributed by atoms with E-state index in [9.17, 15) is 18.0 Å². The molecule has 1 saturated heterocycles. The molecule has 9 heteroatoms. The van der Waals surface area contributed by atoms with Crippen LogP contribution in [0.15, 0.2) is 24.3 Å². The number of nitrogens with one attached hydrogen (secondary N) is 1. The van der Waals surface area contributed by atoms with E-state index in [2.05, 4.69) is 5.32 Å². The Bertz CT molecular complexity index is 728. The van der Waals surface area contributed by atoms with Crippen LogP contribution < -0.4 is 5.32 Å². The number of anilines is 1. The van der Waals surface area contributed by atoms with Gasteiger partial charge in [-0.2, -0.15) is 0 Å². The van der Waals surface area contributed by atoms with Crippen LogP contribution in [-0.2, 0) is 25.4 Å². The predicted molar refractivity (Wildman–Crippen MR) is 98.0 cm³/mol. The van der Waals surface area contributed by atoms with E-state index in [1.54, 1.807) is 6.07 Å². The highest BCUT2D eigenvalue weighted by Crippen LogP contribution is 2.22. The number of carbonyl (C=O) groups excluding carboxylic acids is 1. The Labute approximate surface area is 151 Å². The lowest BCUT2D eigenvalue weighted by atomic mass is 9.97. The van der Waals surface area contributed by atoms with Gasteiger partial charge in [-0.05, 0) is 30.5 Å². The first kappa shape index (κ1) is 19.7. The Balaban J connectivity index is 1.87. The monoisotopic (exact) mass is 386 g/mol. The van der Waals surface area contributed by atoms with Crippen LogP contribution in [0, 0.1) is 5.92 Å². The van der Waals surface area contributed by atoms with E-state index < -0.39 is 16.0 Å². The van der Waals surface area contributed by atoms with E-state index in [0.29, 0.717) is 37.4 Å². The van der Waals surface area contributed by atoms with Crippen molar-refractivity contribution in [3.63, 3.8) is 0 Å². The molecule has 1 aliphatic heterocycles. The van der Waals surface area contributed by atoms with Crippen molar-refractivity contribution < 1.29 is 23.1 Å². The molecule has 1 aromatic rings. The second-order valence-corrected chi connectivity index (χ2v) is 8.98. The van der Waals surface area contributed by atoms with Crippen molar-refractivity contribution in [3.8, 4) is 0 Å². The largest absolute Gasteiger partial charge is 0.481 e. The number of benzene rings is 1. The Hall–Kier alpha value is -1.58. The van der Waals surface area contributed by atoms with Gasteiger partial charge in [0.25, 0.3) is 0 Å². The van der Waals surface area contributed by atoms with E-state index in [1.807, 2.05) is 18.2 Å². The maximum absolute atomic E-state index is 12.4. The van der Waals surface area contributed by atoms with Gasteiger partial charge in [-0.15, -0.1) is 11.8 Å². The van der Waals surface area contributed by atoms with Crippen molar-refractivity contribution in [1.82, 2.24) is 4.31 Å². The molecule has 0 aromatic heterocycles. The van der Waals surface area contributed by atoms with Crippen molar-refractivity contribution >= 4 is 39.3 Å². The standard InChI is InChI=1S/C16H22N2O5S2/c1-25(22,23)18-7-5-13(6-8-18)16(21)17-14-4-2-3-12(9-14)10-24-11-15(19)20/h2-4,9,13H,5-8,10-11H2,1H3,(H,17,21)(H,19,20). The highest BCUT2D eigenvalue weighted by atomic mass is 32.2. The summed E-state index contributed by atoms with van der Waals surface area (Å²) in [4.78, 5) is 22.9. The van der Waals surface area contributed by atoms with Crippen molar-refractivity contribution in [2.45, 2.75) is 18.6 Å². The first-order valence-corrected chi connectivity index (χ1v) is 10.9. The molecule has 1 aliphatic rings. The van der Waals surface area contributed by atoms with Gasteiger partial charge in [0.1, 0.15) is 0 Å². The van der Waals surface area contributed by atoms with Gasteiger partial charge in [-0.1, -0.05) is 12.1 Å². The molecular weight excluding hydrogens is 364 g/mol. The molecule has 0 unspecified atom stereocenters. The second kappa shape index (κ2) is 8.68. The number of hydrogen-bond acceptors (Lipinski definition) is 5. The number of rotatable bonds is 7. The molecule has 1 fully saturated rings. The number of amides is 1. The third kappa shape index (κ3) is 6.33. The lowest BCUT2D eigenvalue weighted by molar-refractivity contribution is -0.133. The van der Waals surface area contributed by atoms with Crippen LogP contribution in [-0.4, -0.2) is 54.8 Å². The van der Waals surface area contributed by atoms with Crippen LogP contribution in [0.25, 0.3) is 0 Å². The smallest absolute Gasteiger partial charge is 0.313 e. The van der Waals surface area contributed by atoms with E-state index in [1.165, 1.54) is 22.3 Å². The summed E-state index contributed by atoms with van der Waals surface area (Å²) in [5.74, 6) is -0.570. The van der Waals surface area contributed by atoms with Crippen LogP contribution in [0.2, 0.25) is 0 Å². The molecule has 2 N–H and O–H groups in total. The predicted octanol–water partition coefficient (Wildman–Crippen LogP) is 1.61. The number of thioether (sulfide) groups is 1. The summed E-state index contributed by atoms with van der Waals surface area (Å²) in [5.41, 5.74) is 1.61. The van der Waals surface area contributed by atoms with Gasteiger partial charge in [-0.3, -0.25) is 9.59 Å². The fourth-order valence-corrected chi connectivity index (χ4v) is 4.26. The SMILES string of the molecule is CS(=O)(=O)N1CCC(C(=O)Nc2cccc(CSCC(=O)O)c2)CC1. The minimum Gasteiger partial charge on any atom is -0.481 e. The van der Waals surface area contributed by atoms with Gasteiger partial charge in [0.2, 0.25) is 15.9 Å². The van der Waals surface area contributed by atoms with Crippen molar-refractivity contribution in [1.29, 1.82) is 0 Å². The zero-order valence-corrected chi connectivity index (χ0v) is 15.6. The molecule has 0 saturated carbocycles. The Morgan fingerprint density at radius 1 is 1.32 bits per heavy atom. The maximum Gasteiger partial charge on any atom is 0.313 e. The molecule has 138 valence electrons. The number of piperidine rings is 1. The number of carboxylic acids is 1. The molecule has 0 atom stereocenters. The number of nitrogens with zero attached hydrogens (tertiary/aromatic N) is 1. The lowest BCUT2D eigenvalue weighted by Crippen LogP contribution is -2.40. The molecular formula is C16H22N2O5S2. The van der Waals surface area contributed by atoms with Crippen LogP contribution in [0.5, 0.6) is 0 Å². The number of carboxylic acid groups (broad SMARTS) is 1. The summed E-state index contributed by atoms with van der Waals surface area (Å²) in [5, 5.41) is 11.5. The van der Waals surface area contributed by atoms with Crippen molar-refractivity contribution in [2.75, 3.05) is 30.4 Å². The Morgan fingerprint density at radius 2 is 2.00 bits per heavy atom. The molecule has 0 aliphatic carbocycles. The Kier molecular flexibility index (Phi) is 6.86. The molecule has 1 heterocycles. The van der Waals surface area contributed by atoms with E-state index in [0.717, 1.165) is 5.56 Å². The highest BCUT2D eigenvalue weighted by molar-refractivity contribution is 7.99. The molecule has 0 radical (unpaired) electrons. The molecule has 2 rings (SSSR count). The highest BCUT2D eigenvalue weighted by Gasteiger charge is 2.28. The summed E-state index contributed by atoms with van der Waals surface area (Å²) >= 11 is 1.30. The number of sulfonamides is 1. The molecule has 0 bridgehead atoms. The van der Waals surface area contributed by atoms with Gasteiger partial charge in [0.15, 0.2) is 0 Å². The van der Waals surface area contributed by atoms with Crippen LogP contribution in [0.4, 0.5) is 5.69 Å². The molecule has 1 amide bonds. The summed E-state index contributed by atoms with van der Waals surface area (Å²) in [7, 11) is -3.20. The maximum atomic E-state index is 12.4. The normalized spacial score (nSPS) is 16.5. The number of carbonyl (C=O) groups is 2. The third-order valence-electron chi connectivity index (χ3n) is 3.98. The van der Waals surface area contributed by atoms with Crippen LogP contribution in [0.1, 0.15) is 18.4 Å². The quantitative estimate of drug-likeness (QED) is 0.738. The van der Waals surface area contributed by atoms with Crippen LogP contribution in [0.3, 0.4) is 0 Å². The minimum atomic E-state index is -3.20. The topological polar surface area (TPSA) is 104 Å². The van der Waals surface area contributed by atoms with Crippen LogP contribution >= 0.6 is 11.8 Å². The first-order valence-electron chi connectivity index (χ1n) is 7.90. The first-order chi connectivity index (χ1) is 11.8. The summed E-state index contributed by atoms with van der Waals surface area (Å²) in [6.45, 7) is 0.728. The van der Waals surface area contributed by atoms with E-state index >= 15 is 0 Å². The van der Waals surface area contributed by atoms with Gasteiger partial charge in [0, 0.05) is 30.4 Å². The number of aliphatic carboxylic acids is 1. The van der Waals surface area contributed by atoms with E-state index in [4.69, 9.17) is 5.11 Å². The zero-order chi connectivity index (χ0) is 18.4. The Morgan fingerprint density at radius 3 is 2.60 bits per heavy atom. The van der Waals surface area contributed by atoms with Gasteiger partial charge in [-0.25, -0.2) is 12.7 Å². The van der Waals surface area contributed by atoms with Gasteiger partial charge >= 0.3 is 5.97 Å². The average molecular weight is 386 g/mol. The fraction of sp³-hybridized carbons (Fsp3) is 0.500. The second-order valence-electron chi connectivity index (χ2n) is 6.01. The van der Waals surface area contributed by atoms with Crippen molar-refractivity contribution in [3.05, 3.63) is 29.8 Å². The third-order valence-corrected chi connectivity index (χ3v) is 6.27. The van der Waals surface area contributed by atoms with Crippen molar-refractivity contribution in [2.24, 2.45) is 5.92 Å². The van der Waals surface area contributed by atoms with Gasteiger partial charge < -0.3 is 10.4 Å². The fourth-order valence-electron chi connectivity index (χ4n) is 2.69. The molecule has 7 nitrogen and oxygen atoms in total. The molecule has 25 heavy (non-hydrogen) atoms. The number of hydrogen-bond donors (Lipinski definition) is 2. The molecule has 1 aromatic carbocycles. The van der Waals surface area contributed by atoms with Gasteiger partial charge in [0.05, 0.1) is 12.0 Å². The molecule has 0 spiro atoms. The summed E-state index contributed by atoms with van der Waals surface area (Å²) in [6.07, 6.45) is 2.20. The lowest BCUT2D eigenvalue weighted by Gasteiger charge is -2.29. The summed E-state index contributed by atoms with van der Waals surface area (Å²) < 4.78 is 24.4. The minimum absolute atomic E-state index is 0.0372.